The van der Waals surface area contributed by atoms with E-state index >= 15 is 0 Å². The van der Waals surface area contributed by atoms with E-state index in [0.29, 0.717) is 12.3 Å². The van der Waals surface area contributed by atoms with Gasteiger partial charge in [-0.1, -0.05) is 12.1 Å². The molecule has 6 heteroatoms. The lowest BCUT2D eigenvalue weighted by Gasteiger charge is -2.20. The average molecular weight is 329 g/mol. The van der Waals surface area contributed by atoms with Crippen molar-refractivity contribution in [3.8, 4) is 5.69 Å². The molecular weight excluding hydrogens is 310 g/mol. The van der Waals surface area contributed by atoms with Crippen molar-refractivity contribution in [2.45, 2.75) is 12.0 Å². The minimum atomic E-state index is -0.749. The Morgan fingerprint density at radius 2 is 2.26 bits per heavy atom. The van der Waals surface area contributed by atoms with Crippen molar-refractivity contribution in [1.29, 1.82) is 0 Å². The number of hydrogen-bond donors (Lipinski definition) is 2. The summed E-state index contributed by atoms with van der Waals surface area (Å²) in [6.45, 7) is 0.308. The largest absolute Gasteiger partial charge is 0.387 e. The Balaban J connectivity index is 1.54. The van der Waals surface area contributed by atoms with Crippen LogP contribution in [0.1, 0.15) is 12.0 Å². The van der Waals surface area contributed by atoms with Crippen LogP contribution in [0.25, 0.3) is 11.8 Å². The maximum atomic E-state index is 11.8. The number of amides is 1. The molecule has 1 atom stereocenters. The molecule has 0 aliphatic carbocycles. The normalized spacial score (nSPS) is 20.9. The van der Waals surface area contributed by atoms with Crippen LogP contribution in [0, 0.1) is 0 Å². The molecule has 0 spiro atoms. The number of carbonyl (C=O) groups excluding carboxylic acids is 1. The number of thioether (sulfide) groups is 1. The molecule has 23 heavy (non-hydrogen) atoms. The zero-order valence-electron chi connectivity index (χ0n) is 12.7. The molecule has 3 rings (SSSR count). The lowest BCUT2D eigenvalue weighted by atomic mass is 10.0. The SMILES string of the molecule is O=C(C=Cc1ccc(-n2ccnc2)cc1)NCC1(O)CCSC1. The first-order chi connectivity index (χ1) is 11.1. The Kier molecular flexibility index (Phi) is 4.83. The molecule has 1 aromatic heterocycles. The third kappa shape index (κ3) is 4.24. The van der Waals surface area contributed by atoms with Crippen LogP contribution in [0.3, 0.4) is 0 Å². The average Bonchev–Trinajstić information content (AvgIpc) is 3.24. The van der Waals surface area contributed by atoms with Gasteiger partial charge in [0.15, 0.2) is 0 Å². The molecule has 2 heterocycles. The van der Waals surface area contributed by atoms with Crippen molar-refractivity contribution in [2.75, 3.05) is 18.1 Å². The van der Waals surface area contributed by atoms with E-state index in [4.69, 9.17) is 0 Å². The van der Waals surface area contributed by atoms with Gasteiger partial charge in [0.25, 0.3) is 0 Å². The molecule has 0 saturated carbocycles. The zero-order valence-corrected chi connectivity index (χ0v) is 13.5. The summed E-state index contributed by atoms with van der Waals surface area (Å²) >= 11 is 1.72. The Morgan fingerprint density at radius 3 is 2.91 bits per heavy atom. The van der Waals surface area contributed by atoms with Gasteiger partial charge in [0, 0.05) is 36.5 Å². The summed E-state index contributed by atoms with van der Waals surface area (Å²) in [6, 6.07) is 7.83. The van der Waals surface area contributed by atoms with Gasteiger partial charge in [-0.2, -0.15) is 11.8 Å². The summed E-state index contributed by atoms with van der Waals surface area (Å²) in [6.07, 6.45) is 9.35. The summed E-state index contributed by atoms with van der Waals surface area (Å²) < 4.78 is 1.92. The van der Waals surface area contributed by atoms with Crippen LogP contribution < -0.4 is 5.32 Å². The quantitative estimate of drug-likeness (QED) is 0.822. The molecule has 5 nitrogen and oxygen atoms in total. The highest BCUT2D eigenvalue weighted by molar-refractivity contribution is 7.99. The number of rotatable bonds is 5. The van der Waals surface area contributed by atoms with Gasteiger partial charge in [-0.05, 0) is 35.9 Å². The molecular formula is C17H19N3O2S. The van der Waals surface area contributed by atoms with Gasteiger partial charge in [0.05, 0.1) is 11.9 Å². The van der Waals surface area contributed by atoms with Gasteiger partial charge in [0.1, 0.15) is 0 Å². The summed E-state index contributed by atoms with van der Waals surface area (Å²) in [4.78, 5) is 15.9. The highest BCUT2D eigenvalue weighted by Crippen LogP contribution is 2.26. The van der Waals surface area contributed by atoms with Crippen LogP contribution in [0.15, 0.2) is 49.1 Å². The lowest BCUT2D eigenvalue weighted by molar-refractivity contribution is -0.117. The standard InChI is InChI=1S/C17H19N3O2S/c21-16(19-11-17(22)7-10-23-12-17)6-3-14-1-4-15(5-2-14)20-9-8-18-13-20/h1-6,8-9,13,22H,7,10-12H2,(H,19,21). The highest BCUT2D eigenvalue weighted by Gasteiger charge is 2.31. The Hall–Kier alpha value is -2.05. The van der Waals surface area contributed by atoms with Gasteiger partial charge >= 0.3 is 0 Å². The second-order valence-corrected chi connectivity index (χ2v) is 6.74. The van der Waals surface area contributed by atoms with E-state index in [2.05, 4.69) is 10.3 Å². The first-order valence-corrected chi connectivity index (χ1v) is 8.65. The minimum Gasteiger partial charge on any atom is -0.387 e. The molecule has 2 aromatic rings. The molecule has 1 fully saturated rings. The topological polar surface area (TPSA) is 67.2 Å². The summed E-state index contributed by atoms with van der Waals surface area (Å²) in [5, 5.41) is 12.9. The van der Waals surface area contributed by atoms with E-state index in [-0.39, 0.29) is 5.91 Å². The smallest absolute Gasteiger partial charge is 0.244 e. The van der Waals surface area contributed by atoms with Crippen LogP contribution in [0.5, 0.6) is 0 Å². The predicted molar refractivity (Wildman–Crippen MR) is 92.5 cm³/mol. The van der Waals surface area contributed by atoms with Crippen LogP contribution in [-0.2, 0) is 4.79 Å². The van der Waals surface area contributed by atoms with Gasteiger partial charge in [-0.25, -0.2) is 4.98 Å². The van der Waals surface area contributed by atoms with Gasteiger partial charge < -0.3 is 15.0 Å². The van der Waals surface area contributed by atoms with Crippen molar-refractivity contribution >= 4 is 23.7 Å². The first-order valence-electron chi connectivity index (χ1n) is 7.49. The minimum absolute atomic E-state index is 0.186. The van der Waals surface area contributed by atoms with E-state index in [1.807, 2.05) is 35.0 Å². The second-order valence-electron chi connectivity index (χ2n) is 5.64. The molecule has 120 valence electrons. The number of nitrogens with one attached hydrogen (secondary N) is 1. The Morgan fingerprint density at radius 1 is 1.43 bits per heavy atom. The summed E-state index contributed by atoms with van der Waals surface area (Å²) in [7, 11) is 0. The molecule has 1 saturated heterocycles. The zero-order chi connectivity index (χ0) is 16.1. The van der Waals surface area contributed by atoms with Crippen molar-refractivity contribution in [1.82, 2.24) is 14.9 Å². The predicted octanol–water partition coefficient (Wildman–Crippen LogP) is 1.87. The maximum Gasteiger partial charge on any atom is 0.244 e. The van der Waals surface area contributed by atoms with E-state index < -0.39 is 5.60 Å². The van der Waals surface area contributed by atoms with E-state index in [1.54, 1.807) is 30.4 Å². The number of hydrogen-bond acceptors (Lipinski definition) is 4. The van der Waals surface area contributed by atoms with Crippen molar-refractivity contribution in [3.63, 3.8) is 0 Å². The fourth-order valence-corrected chi connectivity index (χ4v) is 3.68. The van der Waals surface area contributed by atoms with Crippen molar-refractivity contribution in [3.05, 3.63) is 54.6 Å². The summed E-state index contributed by atoms with van der Waals surface area (Å²) in [5.74, 6) is 1.45. The molecule has 1 aliphatic heterocycles. The van der Waals surface area contributed by atoms with E-state index in [1.165, 1.54) is 6.08 Å². The molecule has 1 unspecified atom stereocenters. The van der Waals surface area contributed by atoms with Crippen LogP contribution in [0.4, 0.5) is 0 Å². The third-order valence-electron chi connectivity index (χ3n) is 3.80. The van der Waals surface area contributed by atoms with Crippen molar-refractivity contribution in [2.24, 2.45) is 0 Å². The number of imidazole rings is 1. The summed E-state index contributed by atoms with van der Waals surface area (Å²) in [5.41, 5.74) is 1.21. The molecule has 0 radical (unpaired) electrons. The molecule has 0 bridgehead atoms. The first kappa shape index (κ1) is 15.8. The van der Waals surface area contributed by atoms with Gasteiger partial charge in [-0.3, -0.25) is 4.79 Å². The number of nitrogens with zero attached hydrogens (tertiary/aromatic N) is 2. The number of aliphatic hydroxyl groups is 1. The van der Waals surface area contributed by atoms with Gasteiger partial charge in [0.2, 0.25) is 5.91 Å². The number of aromatic nitrogens is 2. The Bertz CT molecular complexity index is 674. The van der Waals surface area contributed by atoms with Crippen molar-refractivity contribution < 1.29 is 9.90 Å². The lowest BCUT2D eigenvalue weighted by Crippen LogP contribution is -2.42. The molecule has 1 aromatic carbocycles. The molecule has 1 amide bonds. The fraction of sp³-hybridized carbons (Fsp3) is 0.294. The van der Waals surface area contributed by atoms with E-state index in [9.17, 15) is 9.90 Å². The van der Waals surface area contributed by atoms with Crippen LogP contribution in [0.2, 0.25) is 0 Å². The third-order valence-corrected chi connectivity index (χ3v) is 5.03. The van der Waals surface area contributed by atoms with Crippen LogP contribution >= 0.6 is 11.8 Å². The van der Waals surface area contributed by atoms with E-state index in [0.717, 1.165) is 23.4 Å². The highest BCUT2D eigenvalue weighted by atomic mass is 32.2. The Labute approximate surface area is 139 Å². The second kappa shape index (κ2) is 7.02. The number of benzene rings is 1. The maximum absolute atomic E-state index is 11.8. The molecule has 1 aliphatic rings. The monoisotopic (exact) mass is 329 g/mol. The van der Waals surface area contributed by atoms with Gasteiger partial charge in [-0.15, -0.1) is 0 Å². The molecule has 2 N–H and O–H groups in total. The number of carbonyl (C=O) groups is 1. The van der Waals surface area contributed by atoms with Crippen LogP contribution in [-0.4, -0.2) is 44.2 Å². The fourth-order valence-electron chi connectivity index (χ4n) is 2.39.